The number of halogens is 2. The summed E-state index contributed by atoms with van der Waals surface area (Å²) in [7, 11) is 0. The van der Waals surface area contributed by atoms with E-state index < -0.39 is 0 Å². The Morgan fingerprint density at radius 2 is 1.92 bits per heavy atom. The second-order valence-corrected chi connectivity index (χ2v) is 7.48. The van der Waals surface area contributed by atoms with E-state index in [0.717, 1.165) is 37.8 Å². The molecule has 2 N–H and O–H groups in total. The van der Waals surface area contributed by atoms with Crippen LogP contribution in [0.4, 0.5) is 5.69 Å². The normalized spacial score (nSPS) is 16.1. The van der Waals surface area contributed by atoms with Gasteiger partial charge in [-0.15, -0.1) is 0 Å². The summed E-state index contributed by atoms with van der Waals surface area (Å²) in [5.41, 5.74) is 1.65. The predicted molar refractivity (Wildman–Crippen MR) is 100 cm³/mol. The number of carbonyl (C=O) groups is 2. The van der Waals surface area contributed by atoms with E-state index in [0.29, 0.717) is 33.8 Å². The minimum Gasteiger partial charge on any atom is -0.347 e. The Hall–Kier alpha value is -2.05. The predicted octanol–water partition coefficient (Wildman–Crippen LogP) is 3.67. The third kappa shape index (κ3) is 3.44. The van der Waals surface area contributed by atoms with Crippen LogP contribution < -0.4 is 10.6 Å². The molecule has 0 saturated heterocycles. The summed E-state index contributed by atoms with van der Waals surface area (Å²) in [6.07, 6.45) is 4.69. The SMILES string of the molecule is O=C(Nc1ccc(Cl)c(Cl)c1)c1nc(C(=O)NC2CC2)n2c1CCCC2. The van der Waals surface area contributed by atoms with E-state index >= 15 is 0 Å². The Kier molecular flexibility index (Phi) is 4.63. The van der Waals surface area contributed by atoms with Crippen LogP contribution in [-0.4, -0.2) is 27.4 Å². The molecule has 4 rings (SSSR count). The molecule has 1 aliphatic heterocycles. The van der Waals surface area contributed by atoms with E-state index in [-0.39, 0.29) is 17.9 Å². The zero-order valence-corrected chi connectivity index (χ0v) is 15.5. The first kappa shape index (κ1) is 17.4. The molecule has 26 heavy (non-hydrogen) atoms. The first-order valence-electron chi connectivity index (χ1n) is 8.69. The average Bonchev–Trinajstić information content (AvgIpc) is 3.34. The van der Waals surface area contributed by atoms with Crippen LogP contribution in [0.2, 0.25) is 10.0 Å². The highest BCUT2D eigenvalue weighted by atomic mass is 35.5. The highest BCUT2D eigenvalue weighted by molar-refractivity contribution is 6.42. The number of benzene rings is 1. The van der Waals surface area contributed by atoms with Gasteiger partial charge >= 0.3 is 0 Å². The van der Waals surface area contributed by atoms with Crippen molar-refractivity contribution in [3.05, 3.63) is 45.5 Å². The molecule has 0 unspecified atom stereocenters. The maximum absolute atomic E-state index is 12.8. The molecule has 0 radical (unpaired) electrons. The zero-order chi connectivity index (χ0) is 18.3. The molecule has 6 nitrogen and oxygen atoms in total. The number of carbonyl (C=O) groups excluding carboxylic acids is 2. The first-order valence-corrected chi connectivity index (χ1v) is 9.45. The van der Waals surface area contributed by atoms with E-state index in [2.05, 4.69) is 15.6 Å². The quantitative estimate of drug-likeness (QED) is 0.832. The molecular weight excluding hydrogens is 375 g/mol. The van der Waals surface area contributed by atoms with Crippen LogP contribution in [-0.2, 0) is 13.0 Å². The van der Waals surface area contributed by atoms with Crippen molar-refractivity contribution in [1.29, 1.82) is 0 Å². The third-order valence-corrected chi connectivity index (χ3v) is 5.37. The number of nitrogens with zero attached hydrogens (tertiary/aromatic N) is 2. The van der Waals surface area contributed by atoms with Gasteiger partial charge in [0.05, 0.1) is 15.7 Å². The molecule has 0 spiro atoms. The van der Waals surface area contributed by atoms with Gasteiger partial charge in [0.2, 0.25) is 0 Å². The summed E-state index contributed by atoms with van der Waals surface area (Å²) >= 11 is 11.9. The highest BCUT2D eigenvalue weighted by Gasteiger charge is 2.30. The Morgan fingerprint density at radius 1 is 1.12 bits per heavy atom. The zero-order valence-electron chi connectivity index (χ0n) is 14.0. The molecule has 1 saturated carbocycles. The Morgan fingerprint density at radius 3 is 2.65 bits per heavy atom. The highest BCUT2D eigenvalue weighted by Crippen LogP contribution is 2.27. The van der Waals surface area contributed by atoms with Gasteiger partial charge in [-0.1, -0.05) is 23.2 Å². The van der Waals surface area contributed by atoms with Crippen molar-refractivity contribution in [2.45, 2.75) is 44.7 Å². The number of amides is 2. The molecule has 8 heteroatoms. The molecule has 2 aliphatic rings. The van der Waals surface area contributed by atoms with Crippen LogP contribution in [0.3, 0.4) is 0 Å². The summed E-state index contributed by atoms with van der Waals surface area (Å²) in [4.78, 5) is 29.6. The molecule has 2 amide bonds. The van der Waals surface area contributed by atoms with E-state index in [4.69, 9.17) is 23.2 Å². The van der Waals surface area contributed by atoms with Crippen molar-refractivity contribution in [2.24, 2.45) is 0 Å². The molecule has 1 aromatic carbocycles. The van der Waals surface area contributed by atoms with E-state index in [1.165, 1.54) is 0 Å². The summed E-state index contributed by atoms with van der Waals surface area (Å²) in [6, 6.07) is 5.13. The summed E-state index contributed by atoms with van der Waals surface area (Å²) in [5, 5.41) is 6.52. The smallest absolute Gasteiger partial charge is 0.287 e. The Labute approximate surface area is 160 Å². The van der Waals surface area contributed by atoms with Gasteiger partial charge in [-0.05, 0) is 50.3 Å². The minimum absolute atomic E-state index is 0.204. The summed E-state index contributed by atoms with van der Waals surface area (Å²) in [6.45, 7) is 0.704. The Bertz CT molecular complexity index is 890. The average molecular weight is 393 g/mol. The molecular formula is C18H18Cl2N4O2. The molecule has 0 bridgehead atoms. The van der Waals surface area contributed by atoms with Crippen LogP contribution in [0.1, 0.15) is 52.5 Å². The lowest BCUT2D eigenvalue weighted by atomic mass is 10.1. The molecule has 1 aliphatic carbocycles. The van der Waals surface area contributed by atoms with E-state index in [1.807, 2.05) is 4.57 Å². The fourth-order valence-corrected chi connectivity index (χ4v) is 3.44. The van der Waals surface area contributed by atoms with Crippen LogP contribution in [0, 0.1) is 0 Å². The van der Waals surface area contributed by atoms with Crippen molar-refractivity contribution in [1.82, 2.24) is 14.9 Å². The van der Waals surface area contributed by atoms with Gasteiger partial charge in [0.15, 0.2) is 11.5 Å². The molecule has 136 valence electrons. The van der Waals surface area contributed by atoms with E-state index in [1.54, 1.807) is 18.2 Å². The topological polar surface area (TPSA) is 76.0 Å². The molecule has 2 heterocycles. The van der Waals surface area contributed by atoms with Crippen molar-refractivity contribution in [3.8, 4) is 0 Å². The largest absolute Gasteiger partial charge is 0.347 e. The number of hydrogen-bond acceptors (Lipinski definition) is 3. The fraction of sp³-hybridized carbons (Fsp3) is 0.389. The summed E-state index contributed by atoms with van der Waals surface area (Å²) in [5.74, 6) is -0.227. The lowest BCUT2D eigenvalue weighted by Crippen LogP contribution is -2.29. The standard InChI is InChI=1S/C18H18Cl2N4O2/c19-12-7-6-11(9-13(12)20)22-17(25)15-14-3-1-2-8-24(14)16(23-15)18(26)21-10-4-5-10/h6-7,9-10H,1-5,8H2,(H,21,26)(H,22,25). The number of imidazole rings is 1. The minimum atomic E-state index is -0.348. The van der Waals surface area contributed by atoms with Gasteiger partial charge in [-0.25, -0.2) is 4.98 Å². The molecule has 2 aromatic rings. The number of aromatic nitrogens is 2. The monoisotopic (exact) mass is 392 g/mol. The van der Waals surface area contributed by atoms with Gasteiger partial charge in [0, 0.05) is 18.3 Å². The second-order valence-electron chi connectivity index (χ2n) is 6.67. The molecule has 1 aromatic heterocycles. The third-order valence-electron chi connectivity index (χ3n) is 4.63. The van der Waals surface area contributed by atoms with Crippen LogP contribution in [0.25, 0.3) is 0 Å². The number of fused-ring (bicyclic) bond motifs is 1. The van der Waals surface area contributed by atoms with Gasteiger partial charge in [-0.2, -0.15) is 0 Å². The van der Waals surface area contributed by atoms with Crippen LogP contribution >= 0.6 is 23.2 Å². The maximum Gasteiger partial charge on any atom is 0.287 e. The van der Waals surface area contributed by atoms with Crippen molar-refractivity contribution in [3.63, 3.8) is 0 Å². The number of anilines is 1. The van der Waals surface area contributed by atoms with E-state index in [9.17, 15) is 9.59 Å². The lowest BCUT2D eigenvalue weighted by molar-refractivity contribution is 0.0935. The number of rotatable bonds is 4. The number of hydrogen-bond donors (Lipinski definition) is 2. The van der Waals surface area contributed by atoms with Gasteiger partial charge in [-0.3, -0.25) is 9.59 Å². The second kappa shape index (κ2) is 6.93. The molecule has 0 atom stereocenters. The first-order chi connectivity index (χ1) is 12.5. The van der Waals surface area contributed by atoms with Gasteiger partial charge in [0.1, 0.15) is 0 Å². The van der Waals surface area contributed by atoms with Crippen LogP contribution in [0.5, 0.6) is 0 Å². The van der Waals surface area contributed by atoms with Gasteiger partial charge in [0.25, 0.3) is 11.8 Å². The summed E-state index contributed by atoms with van der Waals surface area (Å²) < 4.78 is 1.88. The van der Waals surface area contributed by atoms with Crippen molar-refractivity contribution in [2.75, 3.05) is 5.32 Å². The molecule has 1 fully saturated rings. The van der Waals surface area contributed by atoms with Crippen molar-refractivity contribution >= 4 is 40.7 Å². The maximum atomic E-state index is 12.8. The lowest BCUT2D eigenvalue weighted by Gasteiger charge is -2.17. The van der Waals surface area contributed by atoms with Gasteiger partial charge < -0.3 is 15.2 Å². The van der Waals surface area contributed by atoms with Crippen molar-refractivity contribution < 1.29 is 9.59 Å². The fourth-order valence-electron chi connectivity index (χ4n) is 3.14. The van der Waals surface area contributed by atoms with Crippen LogP contribution in [0.15, 0.2) is 18.2 Å². The number of nitrogens with one attached hydrogen (secondary N) is 2. The Balaban J connectivity index is 1.62.